The second-order valence-electron chi connectivity index (χ2n) is 5.15. The molecule has 1 N–H and O–H groups in total. The molecule has 0 heterocycles. The lowest BCUT2D eigenvalue weighted by atomic mass is 9.56. The van der Waals surface area contributed by atoms with Gasteiger partial charge in [-0.05, 0) is 32.6 Å². The van der Waals surface area contributed by atoms with Crippen LogP contribution >= 0.6 is 0 Å². The summed E-state index contributed by atoms with van der Waals surface area (Å²) in [7, 11) is 0. The van der Waals surface area contributed by atoms with E-state index in [0.29, 0.717) is 38.7 Å². The van der Waals surface area contributed by atoms with Crippen LogP contribution in [-0.4, -0.2) is 29.1 Å². The summed E-state index contributed by atoms with van der Waals surface area (Å²) >= 11 is 0. The summed E-state index contributed by atoms with van der Waals surface area (Å²) in [5.41, 5.74) is -2.42. The Bertz CT molecular complexity index is 334. The van der Waals surface area contributed by atoms with Gasteiger partial charge in [-0.25, -0.2) is 0 Å². The molecular formula is C13H20O4. The van der Waals surface area contributed by atoms with Crippen LogP contribution in [0, 0.1) is 5.41 Å². The van der Waals surface area contributed by atoms with Gasteiger partial charge in [0.15, 0.2) is 5.78 Å². The highest BCUT2D eigenvalue weighted by Crippen LogP contribution is 2.52. The molecule has 2 atom stereocenters. The van der Waals surface area contributed by atoms with E-state index in [1.807, 2.05) is 0 Å². The van der Waals surface area contributed by atoms with Crippen LogP contribution in [0.1, 0.15) is 51.9 Å². The highest BCUT2D eigenvalue weighted by atomic mass is 16.5. The maximum absolute atomic E-state index is 12.2. The molecule has 96 valence electrons. The number of Topliss-reactive ketones (excluding diaryl/α,β-unsaturated/α-hetero) is 1. The van der Waals surface area contributed by atoms with Crippen molar-refractivity contribution in [2.45, 2.75) is 57.5 Å². The predicted octanol–water partition coefficient (Wildman–Crippen LogP) is 1.59. The largest absolute Gasteiger partial charge is 0.465 e. The Morgan fingerprint density at radius 3 is 2.65 bits per heavy atom. The van der Waals surface area contributed by atoms with Gasteiger partial charge in [0.05, 0.1) is 6.61 Å². The number of ether oxygens (including phenoxy) is 1. The summed E-state index contributed by atoms with van der Waals surface area (Å²) in [6.07, 6.45) is 4.32. The number of fused-ring (bicyclic) bond motifs is 1. The van der Waals surface area contributed by atoms with Crippen molar-refractivity contribution in [3.63, 3.8) is 0 Å². The molecule has 0 aliphatic heterocycles. The number of hydrogen-bond donors (Lipinski definition) is 1. The molecule has 2 aliphatic rings. The van der Waals surface area contributed by atoms with Crippen LogP contribution in [0.25, 0.3) is 0 Å². The van der Waals surface area contributed by atoms with Gasteiger partial charge in [0.1, 0.15) is 11.0 Å². The first-order valence-electron chi connectivity index (χ1n) is 6.50. The summed E-state index contributed by atoms with van der Waals surface area (Å²) in [5.74, 6) is -0.549. The van der Waals surface area contributed by atoms with Crippen molar-refractivity contribution in [1.29, 1.82) is 0 Å². The zero-order valence-corrected chi connectivity index (χ0v) is 10.3. The molecule has 2 rings (SSSR count). The van der Waals surface area contributed by atoms with E-state index in [1.165, 1.54) is 0 Å². The Kier molecular flexibility index (Phi) is 3.25. The lowest BCUT2D eigenvalue weighted by Crippen LogP contribution is -2.62. The SMILES string of the molecule is CCOC(=O)[C@]12CCCC[C@]1(O)C(=O)CCC2. The average molecular weight is 240 g/mol. The van der Waals surface area contributed by atoms with E-state index in [4.69, 9.17) is 4.74 Å². The highest BCUT2D eigenvalue weighted by molar-refractivity contribution is 5.96. The number of rotatable bonds is 2. The van der Waals surface area contributed by atoms with Crippen molar-refractivity contribution in [3.8, 4) is 0 Å². The van der Waals surface area contributed by atoms with Crippen molar-refractivity contribution in [3.05, 3.63) is 0 Å². The zero-order valence-electron chi connectivity index (χ0n) is 10.3. The fraction of sp³-hybridized carbons (Fsp3) is 0.846. The van der Waals surface area contributed by atoms with Gasteiger partial charge in [0.25, 0.3) is 0 Å². The Morgan fingerprint density at radius 2 is 1.94 bits per heavy atom. The van der Waals surface area contributed by atoms with Gasteiger partial charge < -0.3 is 9.84 Å². The van der Waals surface area contributed by atoms with Gasteiger partial charge >= 0.3 is 5.97 Å². The molecule has 4 nitrogen and oxygen atoms in total. The van der Waals surface area contributed by atoms with Crippen molar-refractivity contribution >= 4 is 11.8 Å². The lowest BCUT2D eigenvalue weighted by Gasteiger charge is -2.50. The van der Waals surface area contributed by atoms with Crippen molar-refractivity contribution in [1.82, 2.24) is 0 Å². The smallest absolute Gasteiger partial charge is 0.315 e. The number of carbonyl (C=O) groups excluding carboxylic acids is 2. The molecule has 0 spiro atoms. The first-order chi connectivity index (χ1) is 8.07. The third kappa shape index (κ3) is 1.69. The first kappa shape index (κ1) is 12.6. The molecular weight excluding hydrogens is 220 g/mol. The fourth-order valence-corrected chi connectivity index (χ4v) is 3.39. The van der Waals surface area contributed by atoms with E-state index in [2.05, 4.69) is 0 Å². The monoisotopic (exact) mass is 240 g/mol. The molecule has 2 fully saturated rings. The molecule has 0 saturated heterocycles. The van der Waals surface area contributed by atoms with Crippen LogP contribution in [0.5, 0.6) is 0 Å². The first-order valence-corrected chi connectivity index (χ1v) is 6.50. The standard InChI is InChI=1S/C13H20O4/c1-2-17-11(15)12-7-3-4-9-13(12,16)10(14)6-5-8-12/h16H,2-9H2,1H3/t12-,13+/m1/s1. The van der Waals surface area contributed by atoms with E-state index in [1.54, 1.807) is 6.92 Å². The van der Waals surface area contributed by atoms with Crippen LogP contribution in [0.2, 0.25) is 0 Å². The molecule has 0 bridgehead atoms. The Hall–Kier alpha value is -0.900. The Balaban J connectivity index is 2.37. The molecule has 0 unspecified atom stereocenters. The van der Waals surface area contributed by atoms with Crippen molar-refractivity contribution in [2.24, 2.45) is 5.41 Å². The summed E-state index contributed by atoms with van der Waals surface area (Å²) in [6.45, 7) is 2.05. The molecule has 4 heteroatoms. The quantitative estimate of drug-likeness (QED) is 0.744. The molecule has 2 saturated carbocycles. The average Bonchev–Trinajstić information content (AvgIpc) is 2.31. The number of hydrogen-bond acceptors (Lipinski definition) is 4. The number of aliphatic hydroxyl groups is 1. The fourth-order valence-electron chi connectivity index (χ4n) is 3.39. The highest BCUT2D eigenvalue weighted by Gasteiger charge is 2.62. The van der Waals surface area contributed by atoms with Crippen LogP contribution in [0.15, 0.2) is 0 Å². The van der Waals surface area contributed by atoms with E-state index in [-0.39, 0.29) is 11.8 Å². The third-order valence-electron chi connectivity index (χ3n) is 4.32. The van der Waals surface area contributed by atoms with Gasteiger partial charge in [-0.15, -0.1) is 0 Å². The topological polar surface area (TPSA) is 63.6 Å². The molecule has 17 heavy (non-hydrogen) atoms. The van der Waals surface area contributed by atoms with Crippen LogP contribution < -0.4 is 0 Å². The second-order valence-corrected chi connectivity index (χ2v) is 5.15. The van der Waals surface area contributed by atoms with Gasteiger partial charge in [0, 0.05) is 6.42 Å². The Labute approximate surface area is 101 Å². The van der Waals surface area contributed by atoms with E-state index in [0.717, 1.165) is 12.8 Å². The van der Waals surface area contributed by atoms with Crippen LogP contribution in [0.4, 0.5) is 0 Å². The van der Waals surface area contributed by atoms with Gasteiger partial charge in [-0.3, -0.25) is 9.59 Å². The summed E-state index contributed by atoms with van der Waals surface area (Å²) in [4.78, 5) is 24.2. The predicted molar refractivity (Wildman–Crippen MR) is 61.3 cm³/mol. The van der Waals surface area contributed by atoms with Crippen molar-refractivity contribution in [2.75, 3.05) is 6.61 Å². The Morgan fingerprint density at radius 1 is 1.29 bits per heavy atom. The number of ketones is 1. The third-order valence-corrected chi connectivity index (χ3v) is 4.32. The van der Waals surface area contributed by atoms with E-state index >= 15 is 0 Å². The van der Waals surface area contributed by atoms with E-state index in [9.17, 15) is 14.7 Å². The van der Waals surface area contributed by atoms with Crippen molar-refractivity contribution < 1.29 is 19.4 Å². The summed E-state index contributed by atoms with van der Waals surface area (Å²) in [5, 5.41) is 10.7. The molecule has 0 aromatic heterocycles. The molecule has 2 aliphatic carbocycles. The number of carbonyl (C=O) groups is 2. The van der Waals surface area contributed by atoms with Gasteiger partial charge in [0.2, 0.25) is 0 Å². The van der Waals surface area contributed by atoms with Crippen LogP contribution in [0.3, 0.4) is 0 Å². The minimum absolute atomic E-state index is 0.170. The normalized spacial score (nSPS) is 37.4. The molecule has 0 amide bonds. The molecule has 0 aromatic carbocycles. The molecule has 0 aromatic rings. The van der Waals surface area contributed by atoms with Gasteiger partial charge in [-0.1, -0.05) is 12.8 Å². The maximum Gasteiger partial charge on any atom is 0.315 e. The zero-order chi connectivity index (χ0) is 12.5. The summed E-state index contributed by atoms with van der Waals surface area (Å²) < 4.78 is 5.10. The minimum Gasteiger partial charge on any atom is -0.465 e. The van der Waals surface area contributed by atoms with Gasteiger partial charge in [-0.2, -0.15) is 0 Å². The summed E-state index contributed by atoms with van der Waals surface area (Å²) in [6, 6.07) is 0. The van der Waals surface area contributed by atoms with Crippen LogP contribution in [-0.2, 0) is 14.3 Å². The van der Waals surface area contributed by atoms with E-state index < -0.39 is 11.0 Å². The maximum atomic E-state index is 12.2. The number of esters is 1. The lowest BCUT2D eigenvalue weighted by molar-refractivity contribution is -0.194. The second kappa shape index (κ2) is 4.41. The molecule has 0 radical (unpaired) electrons. The minimum atomic E-state index is -1.46.